The van der Waals surface area contributed by atoms with Gasteiger partial charge in [0.2, 0.25) is 0 Å². The molecule has 24 heavy (non-hydrogen) atoms. The number of benzene rings is 1. The Hall–Kier alpha value is -3.05. The van der Waals surface area contributed by atoms with E-state index in [9.17, 15) is 0 Å². The number of ether oxygens (including phenoxy) is 1. The summed E-state index contributed by atoms with van der Waals surface area (Å²) in [6, 6.07) is 16.0. The largest absolute Gasteiger partial charge is 0.378 e. The van der Waals surface area contributed by atoms with Crippen LogP contribution in [0.3, 0.4) is 0 Å². The second-order valence-electron chi connectivity index (χ2n) is 5.43. The molecule has 0 aliphatic heterocycles. The Bertz CT molecular complexity index is 965. The predicted octanol–water partition coefficient (Wildman–Crippen LogP) is 3.60. The van der Waals surface area contributed by atoms with Gasteiger partial charge in [-0.05, 0) is 23.8 Å². The van der Waals surface area contributed by atoms with Gasteiger partial charge in [-0.3, -0.25) is 4.98 Å². The van der Waals surface area contributed by atoms with Crippen LogP contribution in [0.25, 0.3) is 28.0 Å². The predicted molar refractivity (Wildman–Crippen MR) is 92.4 cm³/mol. The monoisotopic (exact) mass is 316 g/mol. The van der Waals surface area contributed by atoms with Gasteiger partial charge in [-0.1, -0.05) is 30.3 Å². The number of nitrogens with zero attached hydrogens (tertiary/aromatic N) is 4. The first-order valence-electron chi connectivity index (χ1n) is 7.70. The van der Waals surface area contributed by atoms with Crippen molar-refractivity contribution in [3.8, 4) is 22.4 Å². The summed E-state index contributed by atoms with van der Waals surface area (Å²) in [5, 5.41) is 4.76. The molecule has 5 heteroatoms. The summed E-state index contributed by atoms with van der Waals surface area (Å²) in [5.41, 5.74) is 5.71. The van der Waals surface area contributed by atoms with E-state index in [-0.39, 0.29) is 0 Å². The Morgan fingerprint density at radius 2 is 1.79 bits per heavy atom. The Labute approximate surface area is 139 Å². The molecular weight excluding hydrogens is 300 g/mol. The minimum Gasteiger partial charge on any atom is -0.378 e. The van der Waals surface area contributed by atoms with Crippen LogP contribution in [0.4, 0.5) is 0 Å². The third kappa shape index (κ3) is 2.45. The van der Waals surface area contributed by atoms with E-state index in [2.05, 4.69) is 22.1 Å². The summed E-state index contributed by atoms with van der Waals surface area (Å²) in [4.78, 5) is 8.78. The zero-order valence-corrected chi connectivity index (χ0v) is 13.3. The Morgan fingerprint density at radius 1 is 0.958 bits per heavy atom. The first-order chi connectivity index (χ1) is 11.9. The van der Waals surface area contributed by atoms with Gasteiger partial charge in [0.15, 0.2) is 5.65 Å². The number of aromatic nitrogens is 4. The van der Waals surface area contributed by atoms with Crippen LogP contribution in [-0.4, -0.2) is 26.7 Å². The van der Waals surface area contributed by atoms with Gasteiger partial charge in [0.25, 0.3) is 0 Å². The maximum Gasteiger partial charge on any atom is 0.163 e. The van der Waals surface area contributed by atoms with Crippen molar-refractivity contribution in [2.75, 3.05) is 7.11 Å². The van der Waals surface area contributed by atoms with Crippen molar-refractivity contribution in [1.29, 1.82) is 0 Å². The topological polar surface area (TPSA) is 52.3 Å². The van der Waals surface area contributed by atoms with Crippen molar-refractivity contribution in [1.82, 2.24) is 19.6 Å². The van der Waals surface area contributed by atoms with E-state index in [1.165, 1.54) is 0 Å². The lowest BCUT2D eigenvalue weighted by atomic mass is 10.1. The molecule has 0 unspecified atom stereocenters. The lowest BCUT2D eigenvalue weighted by Crippen LogP contribution is -1.96. The molecule has 0 fully saturated rings. The van der Waals surface area contributed by atoms with Gasteiger partial charge >= 0.3 is 0 Å². The zero-order chi connectivity index (χ0) is 16.4. The number of rotatable bonds is 4. The van der Waals surface area contributed by atoms with Crippen LogP contribution in [0.1, 0.15) is 5.69 Å². The van der Waals surface area contributed by atoms with Crippen LogP contribution >= 0.6 is 0 Å². The normalized spacial score (nSPS) is 11.0. The van der Waals surface area contributed by atoms with Crippen molar-refractivity contribution in [2.45, 2.75) is 6.61 Å². The van der Waals surface area contributed by atoms with E-state index in [0.29, 0.717) is 6.61 Å². The smallest absolute Gasteiger partial charge is 0.163 e. The Kier molecular flexibility index (Phi) is 3.76. The molecule has 0 amide bonds. The highest BCUT2D eigenvalue weighted by molar-refractivity contribution is 5.81. The molecule has 0 saturated carbocycles. The van der Waals surface area contributed by atoms with Crippen molar-refractivity contribution in [3.63, 3.8) is 0 Å². The highest BCUT2D eigenvalue weighted by Gasteiger charge is 2.17. The highest BCUT2D eigenvalue weighted by atomic mass is 16.5. The quantitative estimate of drug-likeness (QED) is 0.577. The fraction of sp³-hybridized carbons (Fsp3) is 0.105. The van der Waals surface area contributed by atoms with E-state index >= 15 is 0 Å². The average molecular weight is 316 g/mol. The first-order valence-corrected chi connectivity index (χ1v) is 7.70. The number of pyridine rings is 1. The number of fused-ring (bicyclic) bond motifs is 1. The zero-order valence-electron chi connectivity index (χ0n) is 13.3. The molecule has 0 spiro atoms. The summed E-state index contributed by atoms with van der Waals surface area (Å²) >= 11 is 0. The van der Waals surface area contributed by atoms with Gasteiger partial charge in [0, 0.05) is 31.3 Å². The number of hydrogen-bond acceptors (Lipinski definition) is 4. The van der Waals surface area contributed by atoms with Gasteiger partial charge in [-0.25, -0.2) is 9.50 Å². The molecule has 0 N–H and O–H groups in total. The molecule has 118 valence electrons. The molecule has 0 aliphatic rings. The summed E-state index contributed by atoms with van der Waals surface area (Å²) in [7, 11) is 1.67. The summed E-state index contributed by atoms with van der Waals surface area (Å²) in [6.45, 7) is 0.431. The molecular formula is C19H16N4O. The van der Waals surface area contributed by atoms with Crippen molar-refractivity contribution in [2.24, 2.45) is 0 Å². The SMILES string of the molecule is COCc1nn2c(-c3cccnc3)ccnc2c1-c1ccccc1. The fourth-order valence-electron chi connectivity index (χ4n) is 2.86. The average Bonchev–Trinajstić information content (AvgIpc) is 3.01. The minimum absolute atomic E-state index is 0.431. The molecule has 0 bridgehead atoms. The van der Waals surface area contributed by atoms with E-state index in [0.717, 1.165) is 33.7 Å². The van der Waals surface area contributed by atoms with Gasteiger partial charge in [0.1, 0.15) is 0 Å². The molecule has 0 atom stereocenters. The van der Waals surface area contributed by atoms with E-state index in [4.69, 9.17) is 9.84 Å². The molecule has 3 heterocycles. The summed E-state index contributed by atoms with van der Waals surface area (Å²) in [6.07, 6.45) is 5.40. The van der Waals surface area contributed by atoms with Gasteiger partial charge in [-0.2, -0.15) is 5.10 Å². The molecule has 3 aromatic heterocycles. The molecule has 0 aliphatic carbocycles. The molecule has 0 saturated heterocycles. The van der Waals surface area contributed by atoms with Crippen LogP contribution in [0.5, 0.6) is 0 Å². The van der Waals surface area contributed by atoms with E-state index < -0.39 is 0 Å². The second kappa shape index (κ2) is 6.22. The molecule has 4 aromatic rings. The minimum atomic E-state index is 0.431. The van der Waals surface area contributed by atoms with Crippen molar-refractivity contribution < 1.29 is 4.74 Å². The lowest BCUT2D eigenvalue weighted by molar-refractivity contribution is 0.181. The molecule has 5 nitrogen and oxygen atoms in total. The van der Waals surface area contributed by atoms with Gasteiger partial charge in [0.05, 0.1) is 23.6 Å². The van der Waals surface area contributed by atoms with E-state index in [1.807, 2.05) is 53.3 Å². The lowest BCUT2D eigenvalue weighted by Gasteiger charge is -2.04. The Morgan fingerprint density at radius 3 is 2.54 bits per heavy atom. The van der Waals surface area contributed by atoms with Crippen LogP contribution in [0, 0.1) is 0 Å². The molecule has 4 rings (SSSR count). The first kappa shape index (κ1) is 14.5. The third-order valence-electron chi connectivity index (χ3n) is 3.89. The number of methoxy groups -OCH3 is 1. The maximum atomic E-state index is 5.35. The fourth-order valence-corrected chi connectivity index (χ4v) is 2.86. The van der Waals surface area contributed by atoms with Crippen LogP contribution in [-0.2, 0) is 11.3 Å². The maximum absolute atomic E-state index is 5.35. The second-order valence-corrected chi connectivity index (χ2v) is 5.43. The number of hydrogen-bond donors (Lipinski definition) is 0. The van der Waals surface area contributed by atoms with Gasteiger partial charge < -0.3 is 4.74 Å². The molecule has 0 radical (unpaired) electrons. The standard InChI is InChI=1S/C19H16N4O/c1-24-13-16-18(14-6-3-2-4-7-14)19-21-11-9-17(23(19)22-16)15-8-5-10-20-12-15/h2-12H,13H2,1H3. The van der Waals surface area contributed by atoms with Crippen molar-refractivity contribution in [3.05, 3.63) is 72.8 Å². The van der Waals surface area contributed by atoms with Crippen LogP contribution < -0.4 is 0 Å². The summed E-state index contributed by atoms with van der Waals surface area (Å²) in [5.74, 6) is 0. The van der Waals surface area contributed by atoms with Crippen LogP contribution in [0.2, 0.25) is 0 Å². The summed E-state index contributed by atoms with van der Waals surface area (Å²) < 4.78 is 7.22. The van der Waals surface area contributed by atoms with E-state index in [1.54, 1.807) is 13.3 Å². The molecule has 1 aromatic carbocycles. The third-order valence-corrected chi connectivity index (χ3v) is 3.89. The van der Waals surface area contributed by atoms with Crippen molar-refractivity contribution >= 4 is 5.65 Å². The van der Waals surface area contributed by atoms with Gasteiger partial charge in [-0.15, -0.1) is 0 Å². The van der Waals surface area contributed by atoms with Crippen LogP contribution in [0.15, 0.2) is 67.1 Å². The Balaban J connectivity index is 2.01. The highest BCUT2D eigenvalue weighted by Crippen LogP contribution is 2.30.